The number of halogens is 1. The normalized spacial score (nSPS) is 19.6. The number of aromatic hydroxyl groups is 3. The van der Waals surface area contributed by atoms with Crippen molar-refractivity contribution in [3.8, 4) is 17.2 Å². The molecule has 4 saturated heterocycles. The molecule has 4 aromatic rings. The Bertz CT molecular complexity index is 5110. The number of nitrogens with one attached hydrogen (secondary N) is 7. The van der Waals surface area contributed by atoms with Crippen LogP contribution in [0, 0.1) is 41.4 Å². The minimum Gasteiger partial charge on any atom is -0.660 e. The zero-order valence-electron chi connectivity index (χ0n) is 85.5. The van der Waals surface area contributed by atoms with Crippen LogP contribution in [0.15, 0.2) is 91.0 Å². The summed E-state index contributed by atoms with van der Waals surface area (Å²) >= 11 is 6.21. The van der Waals surface area contributed by atoms with Crippen LogP contribution in [0.3, 0.4) is 0 Å². The predicted molar refractivity (Wildman–Crippen MR) is 550 cm³/mol. The zero-order chi connectivity index (χ0) is 109. The van der Waals surface area contributed by atoms with E-state index in [1.807, 2.05) is 32.6 Å². The number of hydrogen-bond acceptors (Lipinski definition) is 30. The van der Waals surface area contributed by atoms with Gasteiger partial charge >= 0.3 is 29.8 Å². The molecule has 0 aliphatic carbocycles. The van der Waals surface area contributed by atoms with E-state index in [-0.39, 0.29) is 215 Å². The van der Waals surface area contributed by atoms with E-state index in [2.05, 4.69) is 42.5 Å². The number of primary amides is 1. The number of nitrogens with two attached hydrogens (primary N) is 1. The number of hydrogen-bond donors (Lipinski definition) is 17. The fraction of sp³-hybridized carbons (Fsp3) is 0.578. The number of carbonyl (C=O) groups is 19. The molecule has 4 aliphatic rings. The van der Waals surface area contributed by atoms with Gasteiger partial charge in [0, 0.05) is 211 Å². The van der Waals surface area contributed by atoms with Crippen LogP contribution < -0.4 is 43.0 Å². The zero-order valence-corrected chi connectivity index (χ0v) is 89.8. The average Bonchev–Trinajstić information content (AvgIpc) is 1.65. The molecule has 43 nitrogen and oxygen atoms in total. The number of carbonyl (C=O) groups excluding carboxylic acids is 14. The van der Waals surface area contributed by atoms with Crippen LogP contribution >= 0.6 is 33.2 Å². The molecule has 4 fully saturated rings. The summed E-state index contributed by atoms with van der Waals surface area (Å²) < 4.78 is 0. The number of aliphatic carboxylic acids is 5. The molecule has 48 heteroatoms. The molecule has 18 N–H and O–H groups in total. The SMILES string of the molecule is CC(C)C[C@@H]1CC(=O)CNC(=O)[C@H](Cc2ccc(O)c(Cl)c2)CC(=O)[C@@H]2C[C@@H](O)CN2C(=O)[C@@H](NC(=O)[C@@H](CCC(=O)O)CC(=O)[C@H](Cc2ccc(O)cc2)NC(=O)CN2CC[N-]CCN(CC(=O)O)CC2)CSSC[C@@H](C)NC1=O.CCC(=O)O.CCC(C)[C@H](NC(=O)[C@@H](CC(C)=O)Cc1ccc(O)cc1)C(=O)C[C@@H](CCC(N)=O)C(=O)NCc1ccc(CNC(=O)CN2CCN(CC(=O)O)CCN(CC(=O)O)CC2)cc1.[64Cu].[64Cu]. The van der Waals surface area contributed by atoms with E-state index in [4.69, 9.17) is 22.4 Å². The fourth-order valence-electron chi connectivity index (χ4n) is 17.1. The number of ketones is 5. The Morgan fingerprint density at radius 2 is 1.03 bits per heavy atom. The van der Waals surface area contributed by atoms with Crippen molar-refractivity contribution in [3.05, 3.63) is 129 Å². The van der Waals surface area contributed by atoms with E-state index in [0.717, 1.165) is 32.4 Å². The average molecular weight is 2260 g/mol. The number of fused-ring (bicyclic) bond motifs is 1. The van der Waals surface area contributed by atoms with Crippen molar-refractivity contribution in [3.63, 3.8) is 0 Å². The van der Waals surface area contributed by atoms with Crippen molar-refractivity contribution in [2.24, 2.45) is 47.2 Å². The van der Waals surface area contributed by atoms with Crippen LogP contribution in [0.25, 0.3) is 5.32 Å². The second kappa shape index (κ2) is 68.8. The molecule has 9 amide bonds. The van der Waals surface area contributed by atoms with Gasteiger partial charge in [-0.1, -0.05) is 129 Å². The second-order valence-corrected chi connectivity index (χ2v) is 41.3. The molecule has 838 valence electrons. The molecule has 4 aromatic carbocycles. The van der Waals surface area contributed by atoms with Gasteiger partial charge in [0.1, 0.15) is 29.1 Å². The molecule has 150 heavy (non-hydrogen) atoms. The minimum atomic E-state index is -1.44. The number of rotatable bonds is 45. The minimum absolute atomic E-state index is 0. The Kier molecular flexibility index (Phi) is 60.2. The molecule has 0 saturated carbocycles. The molecule has 4 heterocycles. The van der Waals surface area contributed by atoms with E-state index < -0.39 is 186 Å². The van der Waals surface area contributed by atoms with Crippen LogP contribution in [-0.4, -0.2) is 359 Å². The number of phenols is 3. The molecule has 4 aliphatic heterocycles. The monoisotopic (exact) mass is 2250 g/mol. The van der Waals surface area contributed by atoms with E-state index in [0.29, 0.717) is 108 Å². The number of phenolic OH excluding ortho intramolecular Hbond substituents is 3. The molecule has 8 rings (SSSR count). The predicted octanol–water partition coefficient (Wildman–Crippen LogP) is 3.60. The van der Waals surface area contributed by atoms with Gasteiger partial charge in [-0.15, -0.1) is 13.1 Å². The second-order valence-electron chi connectivity index (χ2n) is 38.4. The molecule has 1 unspecified atom stereocenters. The third-order valence-corrected chi connectivity index (χ3v) is 28.4. The smallest absolute Gasteiger partial charge is 0.317 e. The standard InChI is InChI=1S/C55H76ClN8O15S2.C44H63N7O11.C3H6O2.2Cu/c1-32(2)18-37-22-40(66)26-58-52(76)38(19-35-6-10-46(68)42(56)20-35)24-48(70)45-25-41(67)27-64(45)55(79)44(31-81-80-30-33(3)59-54(37)78)61-53(77)36(7-11-50(72)73)23-47(69)43(21-34-4-8-39(65)9-5-34)60-49(71)28-62-14-12-57-13-15-63(17-16-62)29-51(74)75;1-4-29(2)42(48-44(62)35(21-30(3)52)22-31-9-12-36(53)13-10-31)37(54)23-34(11-14-38(45)55)43(61)47-25-33-7-5-32(6-8-33)24-46-39(56)26-49-15-17-50(27-40(57)58)19-20-51(18-16-49)28-41(59)60;1-2-3(4)5;;/h4-6,8-10,20,32-33,36-38,41,43-45,65,67-68H,7,11-19,21-31H2,1-3H3,(H,58,76)(H,59,78)(H,60,71)(H,61,77)(H,72,73)(H,74,75);5-10,12-13,29,34-35,42,53H,4,11,14-28H2,1-3H3,(H2,45,55)(H,46,56)(H,47,61)(H,48,62)(H,57,58)(H,59,60);2H2,1H3,(H,4,5);;/q-1;;;;/t33-,36+,37-,38-,41-,43+,44+,45+;29?,34-,35+,42+;;;/m11.../s1/i;;;2*1+0. The fourth-order valence-corrected chi connectivity index (χ4v) is 19.8. The summed E-state index contributed by atoms with van der Waals surface area (Å²) in [7, 11) is 2.40. The van der Waals surface area contributed by atoms with Crippen molar-refractivity contribution in [1.82, 2.24) is 66.6 Å². The van der Waals surface area contributed by atoms with Gasteiger partial charge in [0.05, 0.1) is 68.5 Å². The van der Waals surface area contributed by atoms with Gasteiger partial charge in [-0.05, 0) is 142 Å². The Morgan fingerprint density at radius 3 is 1.54 bits per heavy atom. The maximum atomic E-state index is 14.9. The molecule has 2 radical (unpaired) electrons. The molecule has 0 aromatic heterocycles. The molecular formula is C102H145ClCu2N15O28S2-. The van der Waals surface area contributed by atoms with Gasteiger partial charge in [0.15, 0.2) is 23.1 Å². The van der Waals surface area contributed by atoms with E-state index in [1.54, 1.807) is 82.0 Å². The van der Waals surface area contributed by atoms with Gasteiger partial charge in [-0.3, -0.25) is 111 Å². The van der Waals surface area contributed by atoms with E-state index >= 15 is 0 Å². The number of benzene rings is 4. The van der Waals surface area contributed by atoms with Crippen molar-refractivity contribution in [2.75, 3.05) is 136 Å². The van der Waals surface area contributed by atoms with Crippen LogP contribution in [0.2, 0.25) is 5.02 Å². The maximum absolute atomic E-state index is 14.9. The summed E-state index contributed by atoms with van der Waals surface area (Å²) in [5.41, 5.74) is 8.65. The first kappa shape index (κ1) is 131. The van der Waals surface area contributed by atoms with E-state index in [1.165, 1.54) is 60.2 Å². The number of aliphatic hydroxyl groups is 1. The number of Topliss-reactive ketones (excluding diaryl/α,β-unsaturated/α-hetero) is 5. The van der Waals surface area contributed by atoms with Crippen molar-refractivity contribution in [2.45, 2.75) is 201 Å². The van der Waals surface area contributed by atoms with Gasteiger partial charge in [0.25, 0.3) is 0 Å². The molecule has 0 bridgehead atoms. The summed E-state index contributed by atoms with van der Waals surface area (Å²) in [6.07, 6.45) is -2.93. The molecular weight excluding hydrogens is 2110 g/mol. The number of nitrogens with zero attached hydrogens (tertiary/aromatic N) is 7. The molecule has 0 spiro atoms. The van der Waals surface area contributed by atoms with Gasteiger partial charge in [-0.25, -0.2) is 0 Å². The number of amides is 9. The van der Waals surface area contributed by atoms with E-state index in [9.17, 15) is 132 Å². The number of carboxylic acid groups (broad SMARTS) is 5. The van der Waals surface area contributed by atoms with Crippen LogP contribution in [0.4, 0.5) is 0 Å². The van der Waals surface area contributed by atoms with Crippen LogP contribution in [-0.2, 0) is 158 Å². The largest absolute Gasteiger partial charge is 0.660 e. The van der Waals surface area contributed by atoms with Crippen LogP contribution in [0.5, 0.6) is 17.2 Å². The first-order chi connectivity index (χ1) is 70.1. The first-order valence-electron chi connectivity index (χ1n) is 49.7. The Balaban J connectivity index is 0.000000608. The number of carboxylic acids is 5. The molecule has 12 atom stereocenters. The maximum Gasteiger partial charge on any atom is 0.317 e. The van der Waals surface area contributed by atoms with Crippen molar-refractivity contribution >= 4 is 145 Å². The third-order valence-electron chi connectivity index (χ3n) is 25.5. The van der Waals surface area contributed by atoms with Crippen molar-refractivity contribution in [1.29, 1.82) is 0 Å². The quantitative estimate of drug-likeness (QED) is 0.0222. The van der Waals surface area contributed by atoms with Crippen molar-refractivity contribution < 1.29 is 171 Å². The Labute approximate surface area is 907 Å². The third kappa shape index (κ3) is 50.5. The topological polar surface area (TPSA) is 650 Å². The summed E-state index contributed by atoms with van der Waals surface area (Å²) in [6.45, 7) is 15.7. The Morgan fingerprint density at radius 1 is 0.540 bits per heavy atom. The summed E-state index contributed by atoms with van der Waals surface area (Å²) in [5, 5.41) is 110. The Hall–Kier alpha value is -11.0. The van der Waals surface area contributed by atoms with Crippen LogP contribution in [0.1, 0.15) is 160 Å². The summed E-state index contributed by atoms with van der Waals surface area (Å²) in [5.74, 6) is -17.8. The van der Waals surface area contributed by atoms with Gasteiger partial charge in [0.2, 0.25) is 53.2 Å². The summed E-state index contributed by atoms with van der Waals surface area (Å²) in [4.78, 5) is 257. The van der Waals surface area contributed by atoms with Gasteiger partial charge < -0.3 is 104 Å². The van der Waals surface area contributed by atoms with Gasteiger partial charge in [-0.2, -0.15) is 0 Å². The summed E-state index contributed by atoms with van der Waals surface area (Å²) in [6, 6.07) is 18.2. The first-order valence-corrected chi connectivity index (χ1v) is 52.6. The number of aliphatic hydroxyl groups excluding tert-OH is 1.